The van der Waals surface area contributed by atoms with E-state index in [1.54, 1.807) is 26.0 Å². The Kier molecular flexibility index (Phi) is 16.9. The van der Waals surface area contributed by atoms with Crippen molar-refractivity contribution >= 4 is 102 Å². The molecule has 0 unspecified atom stereocenters. The van der Waals surface area contributed by atoms with Crippen molar-refractivity contribution in [2.75, 3.05) is 47.6 Å². The topological polar surface area (TPSA) is 76.7 Å². The molecule has 0 radical (unpaired) electrons. The lowest BCUT2D eigenvalue weighted by Gasteiger charge is -2.11. The molecule has 2 rings (SSSR count). The van der Waals surface area contributed by atoms with Crippen molar-refractivity contribution in [2.45, 2.75) is 26.7 Å². The number of hydrogen-bond acceptors (Lipinski definition) is 6. The molecule has 0 fully saturated rings. The lowest BCUT2D eigenvalue weighted by atomic mass is 10.1. The van der Waals surface area contributed by atoms with E-state index in [0.29, 0.717) is 44.7 Å². The Labute approximate surface area is 248 Å². The number of nitrogens with one attached hydrogen (secondary N) is 2. The molecule has 2 aromatic rings. The van der Waals surface area contributed by atoms with Crippen LogP contribution in [0.1, 0.15) is 25.0 Å². The van der Waals surface area contributed by atoms with Gasteiger partial charge in [0.05, 0.1) is 39.7 Å². The van der Waals surface area contributed by atoms with Crippen molar-refractivity contribution in [1.29, 1.82) is 0 Å². The van der Waals surface area contributed by atoms with Gasteiger partial charge in [-0.05, 0) is 56.0 Å². The van der Waals surface area contributed by atoms with E-state index in [0.717, 1.165) is 34.6 Å². The highest BCUT2D eigenvalue weighted by Crippen LogP contribution is 2.33. The maximum absolute atomic E-state index is 11.2. The summed E-state index contributed by atoms with van der Waals surface area (Å²) in [5.41, 5.74) is 3.21. The average Bonchev–Trinajstić information content (AvgIpc) is 2.84. The van der Waals surface area contributed by atoms with E-state index in [9.17, 15) is 9.59 Å². The number of aryl methyl sites for hydroxylation is 2. The number of hydrogen-bond donors (Lipinski definition) is 2. The maximum Gasteiger partial charge on any atom is 0.325 e. The fraction of sp³-hybridized carbons (Fsp3) is 0.417. The highest BCUT2D eigenvalue weighted by atomic mass is 79.9. The minimum Gasteiger partial charge on any atom is -0.465 e. The first-order chi connectivity index (χ1) is 17.2. The van der Waals surface area contributed by atoms with Crippen LogP contribution in [0.3, 0.4) is 0 Å². The van der Waals surface area contributed by atoms with Crippen LogP contribution in [0.25, 0.3) is 0 Å². The standard InChI is InChI=1S/2C12H14BrCl2NO2/c1-2-18-12(17)7-16-11-6-9(14)8(3-4-13)5-10(11)15;1-2-18-10(17)7-16-9-4-3-8(5-6-13)11(14)12(9)15/h5-6,16H,2-4,7H2,1H3;3-4,16H,2,5-7H2,1H3. The molecule has 2 N–H and O–H groups in total. The molecule has 0 saturated heterocycles. The summed E-state index contributed by atoms with van der Waals surface area (Å²) in [6.07, 6.45) is 1.60. The lowest BCUT2D eigenvalue weighted by molar-refractivity contribution is -0.141. The molecule has 36 heavy (non-hydrogen) atoms. The highest BCUT2D eigenvalue weighted by molar-refractivity contribution is 9.09. The van der Waals surface area contributed by atoms with Gasteiger partial charge in [0.2, 0.25) is 0 Å². The molecule has 6 nitrogen and oxygen atoms in total. The van der Waals surface area contributed by atoms with Gasteiger partial charge in [-0.25, -0.2) is 0 Å². The van der Waals surface area contributed by atoms with Crippen molar-refractivity contribution in [1.82, 2.24) is 0 Å². The molecule has 0 heterocycles. The molecule has 0 aromatic heterocycles. The summed E-state index contributed by atoms with van der Waals surface area (Å²) in [4.78, 5) is 22.4. The Bertz CT molecular complexity index is 989. The maximum atomic E-state index is 11.2. The normalized spacial score (nSPS) is 10.2. The predicted octanol–water partition coefficient (Wildman–Crippen LogP) is 7.81. The number of rotatable bonds is 12. The summed E-state index contributed by atoms with van der Waals surface area (Å²) in [6.45, 7) is 4.38. The molecule has 200 valence electrons. The Balaban J connectivity index is 0.000000360. The third-order valence-electron chi connectivity index (χ3n) is 4.48. The quantitative estimate of drug-likeness (QED) is 0.173. The lowest BCUT2D eigenvalue weighted by Crippen LogP contribution is -2.16. The minimum atomic E-state index is -0.325. The van der Waals surface area contributed by atoms with Crippen LogP contribution in [0, 0.1) is 0 Å². The third-order valence-corrected chi connectivity index (χ3v) is 6.86. The zero-order chi connectivity index (χ0) is 27.1. The number of carbonyl (C=O) groups excluding carboxylic acids is 2. The molecular formula is C24H28Br2Cl4N2O4. The van der Waals surface area contributed by atoms with Gasteiger partial charge >= 0.3 is 11.9 Å². The van der Waals surface area contributed by atoms with Crippen molar-refractivity contribution < 1.29 is 19.1 Å². The summed E-state index contributed by atoms with van der Waals surface area (Å²) in [7, 11) is 0. The predicted molar refractivity (Wildman–Crippen MR) is 158 cm³/mol. The minimum absolute atomic E-state index is 0.0711. The van der Waals surface area contributed by atoms with E-state index >= 15 is 0 Å². The summed E-state index contributed by atoms with van der Waals surface area (Å²) in [5, 5.41) is 9.57. The van der Waals surface area contributed by atoms with Gasteiger partial charge in [0.15, 0.2) is 0 Å². The third kappa shape index (κ3) is 11.7. The van der Waals surface area contributed by atoms with Gasteiger partial charge in [-0.2, -0.15) is 0 Å². The van der Waals surface area contributed by atoms with Crippen LogP contribution >= 0.6 is 78.3 Å². The van der Waals surface area contributed by atoms with Gasteiger partial charge in [0.1, 0.15) is 13.1 Å². The number of halogens is 6. The molecule has 0 aliphatic heterocycles. The average molecular weight is 710 g/mol. The number of carbonyl (C=O) groups is 2. The zero-order valence-corrected chi connectivity index (χ0v) is 26.1. The molecule has 2 aromatic carbocycles. The highest BCUT2D eigenvalue weighted by Gasteiger charge is 2.11. The van der Waals surface area contributed by atoms with Crippen molar-refractivity contribution in [3.05, 3.63) is 55.5 Å². The van der Waals surface area contributed by atoms with Crippen molar-refractivity contribution in [3.8, 4) is 0 Å². The fourth-order valence-corrected chi connectivity index (χ4v) is 4.67. The molecule has 0 spiro atoms. The van der Waals surface area contributed by atoms with Crippen molar-refractivity contribution in [3.63, 3.8) is 0 Å². The second-order valence-electron chi connectivity index (χ2n) is 7.02. The van der Waals surface area contributed by atoms with E-state index in [2.05, 4.69) is 42.5 Å². The molecule has 12 heteroatoms. The van der Waals surface area contributed by atoms with E-state index in [1.807, 2.05) is 12.1 Å². The van der Waals surface area contributed by atoms with Gasteiger partial charge in [-0.15, -0.1) is 0 Å². The second kappa shape index (κ2) is 18.4. The Morgan fingerprint density at radius 3 is 1.81 bits per heavy atom. The van der Waals surface area contributed by atoms with Gasteiger partial charge < -0.3 is 20.1 Å². The summed E-state index contributed by atoms with van der Waals surface area (Å²) in [6, 6.07) is 7.23. The van der Waals surface area contributed by atoms with E-state index in [-0.39, 0.29) is 25.0 Å². The molecule has 0 bridgehead atoms. The number of anilines is 2. The fourth-order valence-electron chi connectivity index (χ4n) is 2.80. The van der Waals surface area contributed by atoms with Crippen LogP contribution in [-0.4, -0.2) is 48.9 Å². The van der Waals surface area contributed by atoms with Crippen molar-refractivity contribution in [2.24, 2.45) is 0 Å². The van der Waals surface area contributed by atoms with Gasteiger partial charge in [-0.1, -0.05) is 84.3 Å². The first kappa shape index (κ1) is 33.1. The summed E-state index contributed by atoms with van der Waals surface area (Å²) < 4.78 is 9.62. The largest absolute Gasteiger partial charge is 0.465 e. The molecule has 0 aliphatic carbocycles. The second-order valence-corrected chi connectivity index (χ2v) is 10.2. The number of esters is 2. The smallest absolute Gasteiger partial charge is 0.325 e. The molecule has 0 atom stereocenters. The van der Waals surface area contributed by atoms with Crippen LogP contribution in [0.4, 0.5) is 11.4 Å². The summed E-state index contributed by atoms with van der Waals surface area (Å²) in [5.74, 6) is -0.650. The van der Waals surface area contributed by atoms with E-state index in [1.165, 1.54) is 0 Å². The first-order valence-corrected chi connectivity index (χ1v) is 14.8. The molecule has 0 amide bonds. The van der Waals surface area contributed by atoms with Crippen LogP contribution in [0.5, 0.6) is 0 Å². The number of ether oxygens (including phenoxy) is 2. The first-order valence-electron chi connectivity index (χ1n) is 11.0. The van der Waals surface area contributed by atoms with Gasteiger partial charge in [-0.3, -0.25) is 9.59 Å². The van der Waals surface area contributed by atoms with Gasteiger partial charge in [0.25, 0.3) is 0 Å². The Morgan fingerprint density at radius 1 is 0.750 bits per heavy atom. The molecular weight excluding hydrogens is 682 g/mol. The van der Waals surface area contributed by atoms with Crippen LogP contribution in [-0.2, 0) is 31.9 Å². The van der Waals surface area contributed by atoms with Gasteiger partial charge in [0, 0.05) is 15.7 Å². The monoisotopic (exact) mass is 706 g/mol. The number of benzene rings is 2. The summed E-state index contributed by atoms with van der Waals surface area (Å²) >= 11 is 31.2. The van der Waals surface area contributed by atoms with Crippen LogP contribution in [0.2, 0.25) is 20.1 Å². The van der Waals surface area contributed by atoms with E-state index in [4.69, 9.17) is 55.9 Å². The molecule has 0 aliphatic rings. The molecule has 0 saturated carbocycles. The zero-order valence-electron chi connectivity index (χ0n) is 19.9. The van der Waals surface area contributed by atoms with E-state index < -0.39 is 0 Å². The van der Waals surface area contributed by atoms with Crippen LogP contribution in [0.15, 0.2) is 24.3 Å². The number of alkyl halides is 2. The Hall–Kier alpha value is -0.900. The Morgan fingerprint density at radius 2 is 1.28 bits per heavy atom. The SMILES string of the molecule is CCOC(=O)CNc1cc(Cl)c(CCBr)cc1Cl.CCOC(=O)CNc1ccc(CCBr)c(Cl)c1Cl. The van der Waals surface area contributed by atoms with Crippen LogP contribution < -0.4 is 10.6 Å².